The van der Waals surface area contributed by atoms with Gasteiger partial charge in [0.15, 0.2) is 0 Å². The summed E-state index contributed by atoms with van der Waals surface area (Å²) in [5.74, 6) is 0.964. The Morgan fingerprint density at radius 3 is 2.11 bits per heavy atom. The van der Waals surface area contributed by atoms with Gasteiger partial charge in [-0.3, -0.25) is 9.23 Å². The van der Waals surface area contributed by atoms with Crippen LogP contribution in [-0.2, 0) is 15.7 Å². The number of hydrogen-bond acceptors (Lipinski definition) is 4. The van der Waals surface area contributed by atoms with E-state index in [4.69, 9.17) is 4.55 Å². The van der Waals surface area contributed by atoms with Gasteiger partial charge in [-0.15, -0.1) is 0 Å². The van der Waals surface area contributed by atoms with Crippen molar-refractivity contribution in [3.8, 4) is 0 Å². The van der Waals surface area contributed by atoms with Crippen LogP contribution in [0.25, 0.3) is 0 Å². The Morgan fingerprint density at radius 1 is 1.11 bits per heavy atom. The smallest absolute Gasteiger partial charge is 0.294 e. The Kier molecular flexibility index (Phi) is 4.25. The van der Waals surface area contributed by atoms with E-state index in [1.165, 1.54) is 55.9 Å². The van der Waals surface area contributed by atoms with Gasteiger partial charge in [0, 0.05) is 5.69 Å². The third-order valence-electron chi connectivity index (χ3n) is 6.47. The largest absolute Gasteiger partial charge is 0.316 e. The van der Waals surface area contributed by atoms with E-state index in [-0.39, 0.29) is 4.90 Å². The van der Waals surface area contributed by atoms with E-state index in [9.17, 15) is 8.42 Å². The molecule has 2 N–H and O–H groups in total. The summed E-state index contributed by atoms with van der Waals surface area (Å²) < 4.78 is 31.9. The van der Waals surface area contributed by atoms with Crippen molar-refractivity contribution < 1.29 is 13.0 Å². The van der Waals surface area contributed by atoms with E-state index < -0.39 is 10.1 Å². The Bertz CT molecular complexity index is 939. The lowest BCUT2D eigenvalue weighted by molar-refractivity contribution is -0.234. The summed E-state index contributed by atoms with van der Waals surface area (Å²) in [5.41, 5.74) is 4.60. The van der Waals surface area contributed by atoms with Crippen LogP contribution in [0.4, 0.5) is 0 Å². The Labute approximate surface area is 160 Å². The van der Waals surface area contributed by atoms with Crippen LogP contribution in [0.15, 0.2) is 35.2 Å². The molecule has 6 rings (SSSR count). The molecule has 0 spiro atoms. The first-order valence-corrected chi connectivity index (χ1v) is 10.9. The van der Waals surface area contributed by atoms with Crippen molar-refractivity contribution in [3.05, 3.63) is 47.3 Å². The molecule has 0 unspecified atom stereocenters. The fraction of sp³-hybridized carbons (Fsp3) is 0.550. The molecule has 6 nitrogen and oxygen atoms in total. The fourth-order valence-electron chi connectivity index (χ4n) is 5.01. The molecule has 1 aromatic heterocycles. The molecular formula is C20H27N3O3S. The monoisotopic (exact) mass is 389 g/mol. The molecular weight excluding hydrogens is 362 g/mol. The minimum atomic E-state index is -4.02. The number of rotatable bonds is 3. The average Bonchev–Trinajstić information content (AvgIpc) is 2.78. The maximum atomic E-state index is 10.5. The van der Waals surface area contributed by atoms with E-state index in [1.54, 1.807) is 12.1 Å². The summed E-state index contributed by atoms with van der Waals surface area (Å²) in [6.45, 7) is 8.65. The first-order valence-electron chi connectivity index (χ1n) is 9.42. The van der Waals surface area contributed by atoms with Gasteiger partial charge < -0.3 is 5.32 Å². The second-order valence-corrected chi connectivity index (χ2v) is 10.0. The predicted octanol–water partition coefficient (Wildman–Crippen LogP) is 2.84. The van der Waals surface area contributed by atoms with Crippen LogP contribution >= 0.6 is 0 Å². The van der Waals surface area contributed by atoms with Gasteiger partial charge in [0.25, 0.3) is 10.1 Å². The molecule has 4 fully saturated rings. The topological polar surface area (TPSA) is 84.2 Å². The fourth-order valence-corrected chi connectivity index (χ4v) is 5.49. The summed E-state index contributed by atoms with van der Waals surface area (Å²) in [5, 5.41) is 8.08. The standard InChI is InChI=1S/C13H19N3.C7H8O3S/c1-9-3-10(2)16(15-9)13-6-12(7-13,8-13)11-4-14-5-11;1-6-2-4-7(5-3-6)11(8,9)10/h3,11,14H,4-8H2,1-2H3;2-5H,1H3,(H,8,9,10). The highest BCUT2D eigenvalue weighted by Gasteiger charge is 2.72. The molecule has 0 atom stereocenters. The lowest BCUT2D eigenvalue weighted by Gasteiger charge is -2.74. The van der Waals surface area contributed by atoms with Gasteiger partial charge in [0.05, 0.1) is 16.1 Å². The number of aromatic nitrogens is 2. The third-order valence-corrected chi connectivity index (χ3v) is 7.34. The van der Waals surface area contributed by atoms with E-state index in [0.717, 1.165) is 11.5 Å². The summed E-state index contributed by atoms with van der Waals surface area (Å²) >= 11 is 0. The van der Waals surface area contributed by atoms with Gasteiger partial charge >= 0.3 is 0 Å². The molecule has 1 aromatic carbocycles. The number of aryl methyl sites for hydroxylation is 3. The molecule has 2 bridgehead atoms. The third kappa shape index (κ3) is 3.11. The molecule has 27 heavy (non-hydrogen) atoms. The Morgan fingerprint density at radius 2 is 1.70 bits per heavy atom. The maximum Gasteiger partial charge on any atom is 0.294 e. The number of benzene rings is 1. The summed E-state index contributed by atoms with van der Waals surface area (Å²) in [6.07, 6.45) is 4.15. The molecule has 7 heteroatoms. The minimum absolute atomic E-state index is 0.0666. The molecule has 2 heterocycles. The van der Waals surface area contributed by atoms with Gasteiger partial charge in [-0.05, 0) is 82.7 Å². The van der Waals surface area contributed by atoms with Crippen molar-refractivity contribution in [2.45, 2.75) is 50.5 Å². The van der Waals surface area contributed by atoms with Gasteiger partial charge in [-0.2, -0.15) is 13.5 Å². The first-order chi connectivity index (χ1) is 12.6. The molecule has 0 amide bonds. The summed E-state index contributed by atoms with van der Waals surface area (Å²) in [4.78, 5) is -0.0666. The van der Waals surface area contributed by atoms with Gasteiger partial charge in [-0.1, -0.05) is 17.7 Å². The van der Waals surface area contributed by atoms with Crippen molar-refractivity contribution >= 4 is 10.1 Å². The van der Waals surface area contributed by atoms with E-state index in [0.29, 0.717) is 11.0 Å². The Balaban J connectivity index is 0.000000145. The van der Waals surface area contributed by atoms with Crippen LogP contribution in [0.2, 0.25) is 0 Å². The Hall–Kier alpha value is -1.70. The van der Waals surface area contributed by atoms with Crippen LogP contribution in [0.1, 0.15) is 36.2 Å². The molecule has 3 aliphatic carbocycles. The van der Waals surface area contributed by atoms with E-state index in [2.05, 4.69) is 35.0 Å². The molecule has 4 aliphatic rings. The van der Waals surface area contributed by atoms with Crippen molar-refractivity contribution in [1.82, 2.24) is 15.1 Å². The second-order valence-electron chi connectivity index (χ2n) is 8.60. The van der Waals surface area contributed by atoms with Crippen LogP contribution in [-0.4, -0.2) is 35.8 Å². The predicted molar refractivity (Wildman–Crippen MR) is 103 cm³/mol. The molecule has 0 radical (unpaired) electrons. The van der Waals surface area contributed by atoms with Crippen LogP contribution in [0.3, 0.4) is 0 Å². The SMILES string of the molecule is Cc1cc(C)n(C23CC(C4CNC4)(C2)C3)n1.Cc1ccc(S(=O)(=O)O)cc1. The van der Waals surface area contributed by atoms with Crippen LogP contribution in [0.5, 0.6) is 0 Å². The van der Waals surface area contributed by atoms with Crippen molar-refractivity contribution in [1.29, 1.82) is 0 Å². The molecule has 2 aromatic rings. The lowest BCUT2D eigenvalue weighted by Crippen LogP contribution is -2.74. The number of hydrogen-bond donors (Lipinski definition) is 2. The highest BCUT2D eigenvalue weighted by atomic mass is 32.2. The summed E-state index contributed by atoms with van der Waals surface area (Å²) in [6, 6.07) is 8.19. The number of nitrogens with zero attached hydrogens (tertiary/aromatic N) is 2. The molecule has 3 saturated carbocycles. The minimum Gasteiger partial charge on any atom is -0.316 e. The maximum absolute atomic E-state index is 10.5. The first kappa shape index (κ1) is 18.7. The van der Waals surface area contributed by atoms with Gasteiger partial charge in [0.1, 0.15) is 0 Å². The normalized spacial score (nSPS) is 29.0. The van der Waals surface area contributed by atoms with E-state index >= 15 is 0 Å². The second kappa shape index (κ2) is 6.15. The van der Waals surface area contributed by atoms with Crippen LogP contribution in [0, 0.1) is 32.1 Å². The van der Waals surface area contributed by atoms with Crippen molar-refractivity contribution in [2.75, 3.05) is 13.1 Å². The molecule has 146 valence electrons. The zero-order valence-corrected chi connectivity index (χ0v) is 16.9. The highest BCUT2D eigenvalue weighted by Crippen LogP contribution is 2.74. The van der Waals surface area contributed by atoms with Crippen molar-refractivity contribution in [3.63, 3.8) is 0 Å². The average molecular weight is 390 g/mol. The van der Waals surface area contributed by atoms with Gasteiger partial charge in [0.2, 0.25) is 0 Å². The zero-order valence-electron chi connectivity index (χ0n) is 16.1. The van der Waals surface area contributed by atoms with Crippen molar-refractivity contribution in [2.24, 2.45) is 11.3 Å². The van der Waals surface area contributed by atoms with Crippen LogP contribution < -0.4 is 5.32 Å². The van der Waals surface area contributed by atoms with E-state index in [1.807, 2.05) is 6.92 Å². The summed E-state index contributed by atoms with van der Waals surface area (Å²) in [7, 11) is -4.02. The quantitative estimate of drug-likeness (QED) is 0.789. The molecule has 1 aliphatic heterocycles. The molecule has 1 saturated heterocycles. The van der Waals surface area contributed by atoms with Gasteiger partial charge in [-0.25, -0.2) is 0 Å². The zero-order chi connectivity index (χ0) is 19.4. The highest BCUT2D eigenvalue weighted by molar-refractivity contribution is 7.85. The number of nitrogens with one attached hydrogen (secondary N) is 1. The lowest BCUT2D eigenvalue weighted by atomic mass is 9.35.